The molecule has 0 fully saturated rings. The van der Waals surface area contributed by atoms with Crippen LogP contribution in [0.2, 0.25) is 5.02 Å². The van der Waals surface area contributed by atoms with E-state index in [4.69, 9.17) is 22.1 Å². The van der Waals surface area contributed by atoms with Gasteiger partial charge in [-0.1, -0.05) is 48.0 Å². The minimum absolute atomic E-state index is 0.109. The summed E-state index contributed by atoms with van der Waals surface area (Å²) in [5, 5.41) is 0.671. The van der Waals surface area contributed by atoms with Crippen LogP contribution in [-0.4, -0.2) is 6.61 Å². The van der Waals surface area contributed by atoms with Crippen molar-refractivity contribution < 1.29 is 4.74 Å². The van der Waals surface area contributed by atoms with Crippen molar-refractivity contribution in [3.05, 3.63) is 70.8 Å². The third kappa shape index (κ3) is 4.12. The molecule has 0 amide bonds. The molecular weight excluding hydrogens is 270 g/mol. The fourth-order valence-electron chi connectivity index (χ4n) is 1.89. The van der Waals surface area contributed by atoms with E-state index in [-0.39, 0.29) is 6.04 Å². The molecule has 2 rings (SSSR count). The maximum atomic E-state index is 5.98. The van der Waals surface area contributed by atoms with Crippen LogP contribution >= 0.6 is 11.6 Å². The highest BCUT2D eigenvalue weighted by Gasteiger charge is 2.08. The third-order valence-electron chi connectivity index (χ3n) is 2.91. The summed E-state index contributed by atoms with van der Waals surface area (Å²) in [5.41, 5.74) is 8.00. The molecule has 0 aliphatic heterocycles. The van der Waals surface area contributed by atoms with Crippen LogP contribution in [0.15, 0.2) is 54.6 Å². The van der Waals surface area contributed by atoms with Gasteiger partial charge in [0.1, 0.15) is 12.4 Å². The Balaban J connectivity index is 1.99. The highest BCUT2D eigenvalue weighted by atomic mass is 35.5. The molecule has 1 atom stereocenters. The first-order valence-electron chi connectivity index (χ1n) is 6.56. The number of ether oxygens (including phenoxy) is 1. The van der Waals surface area contributed by atoms with Crippen molar-refractivity contribution >= 4 is 17.7 Å². The van der Waals surface area contributed by atoms with Crippen LogP contribution in [0.4, 0.5) is 0 Å². The molecule has 0 saturated heterocycles. The Hall–Kier alpha value is -1.77. The number of benzene rings is 2. The van der Waals surface area contributed by atoms with Gasteiger partial charge in [0.15, 0.2) is 0 Å². The van der Waals surface area contributed by atoms with E-state index in [2.05, 4.69) is 0 Å². The minimum Gasteiger partial charge on any atom is -0.489 e. The number of hydrogen-bond donors (Lipinski definition) is 1. The smallest absolute Gasteiger partial charge is 0.124 e. The van der Waals surface area contributed by atoms with Crippen LogP contribution in [0, 0.1) is 0 Å². The number of hydrogen-bond acceptors (Lipinski definition) is 2. The van der Waals surface area contributed by atoms with E-state index in [1.165, 1.54) is 0 Å². The van der Waals surface area contributed by atoms with Gasteiger partial charge in [-0.15, -0.1) is 0 Å². The standard InChI is InChI=1S/C17H18ClNO/c1-13(19)16-12-15(18)9-10-17(16)20-11-5-8-14-6-3-2-4-7-14/h2-10,12-13H,11,19H2,1H3/t13-/m0/s1. The lowest BCUT2D eigenvalue weighted by molar-refractivity contribution is 0.357. The summed E-state index contributed by atoms with van der Waals surface area (Å²) < 4.78 is 5.75. The summed E-state index contributed by atoms with van der Waals surface area (Å²) in [5.74, 6) is 0.780. The van der Waals surface area contributed by atoms with E-state index in [0.29, 0.717) is 11.6 Å². The first kappa shape index (κ1) is 14.6. The Bertz CT molecular complexity index is 579. The van der Waals surface area contributed by atoms with Crippen LogP contribution in [0.3, 0.4) is 0 Å². The van der Waals surface area contributed by atoms with Crippen molar-refractivity contribution in [2.45, 2.75) is 13.0 Å². The van der Waals surface area contributed by atoms with Gasteiger partial charge in [-0.25, -0.2) is 0 Å². The van der Waals surface area contributed by atoms with Crippen molar-refractivity contribution in [1.82, 2.24) is 0 Å². The van der Waals surface area contributed by atoms with Crippen molar-refractivity contribution in [2.75, 3.05) is 6.61 Å². The second-order valence-corrected chi connectivity index (χ2v) is 5.03. The zero-order chi connectivity index (χ0) is 14.4. The highest BCUT2D eigenvalue weighted by Crippen LogP contribution is 2.27. The lowest BCUT2D eigenvalue weighted by Crippen LogP contribution is -2.08. The summed E-state index contributed by atoms with van der Waals surface area (Å²) in [7, 11) is 0. The maximum Gasteiger partial charge on any atom is 0.124 e. The Morgan fingerprint density at radius 2 is 1.95 bits per heavy atom. The normalized spacial score (nSPS) is 12.6. The van der Waals surface area contributed by atoms with Gasteiger partial charge in [0.2, 0.25) is 0 Å². The Kier molecular flexibility index (Phi) is 5.22. The van der Waals surface area contributed by atoms with Crippen LogP contribution in [0.1, 0.15) is 24.1 Å². The van der Waals surface area contributed by atoms with Gasteiger partial charge >= 0.3 is 0 Å². The molecule has 104 valence electrons. The van der Waals surface area contributed by atoms with Crippen molar-refractivity contribution in [3.8, 4) is 5.75 Å². The molecule has 2 N–H and O–H groups in total. The quantitative estimate of drug-likeness (QED) is 0.881. The fraction of sp³-hybridized carbons (Fsp3) is 0.176. The topological polar surface area (TPSA) is 35.2 Å². The molecule has 0 heterocycles. The average Bonchev–Trinajstić information content (AvgIpc) is 2.45. The van der Waals surface area contributed by atoms with E-state index < -0.39 is 0 Å². The molecule has 0 aromatic heterocycles. The summed E-state index contributed by atoms with van der Waals surface area (Å²) in [6.07, 6.45) is 4.01. The Morgan fingerprint density at radius 1 is 1.20 bits per heavy atom. The van der Waals surface area contributed by atoms with Crippen LogP contribution in [-0.2, 0) is 0 Å². The number of nitrogens with two attached hydrogens (primary N) is 1. The van der Waals surface area contributed by atoms with Crippen LogP contribution < -0.4 is 10.5 Å². The molecule has 0 radical (unpaired) electrons. The second-order valence-electron chi connectivity index (χ2n) is 4.59. The van der Waals surface area contributed by atoms with E-state index >= 15 is 0 Å². The fourth-order valence-corrected chi connectivity index (χ4v) is 2.07. The SMILES string of the molecule is C[C@H](N)c1cc(Cl)ccc1OCC=Cc1ccccc1. The van der Waals surface area contributed by atoms with E-state index in [1.54, 1.807) is 0 Å². The van der Waals surface area contributed by atoms with Crippen LogP contribution in [0.25, 0.3) is 6.08 Å². The molecule has 2 aromatic carbocycles. The van der Waals surface area contributed by atoms with Crippen molar-refractivity contribution in [3.63, 3.8) is 0 Å². The molecule has 0 bridgehead atoms. The Morgan fingerprint density at radius 3 is 2.65 bits per heavy atom. The molecule has 2 nitrogen and oxygen atoms in total. The average molecular weight is 288 g/mol. The van der Waals surface area contributed by atoms with Gasteiger partial charge in [0, 0.05) is 16.6 Å². The lowest BCUT2D eigenvalue weighted by Gasteiger charge is -2.13. The van der Waals surface area contributed by atoms with Gasteiger partial charge in [0.25, 0.3) is 0 Å². The van der Waals surface area contributed by atoms with E-state index in [9.17, 15) is 0 Å². The third-order valence-corrected chi connectivity index (χ3v) is 3.14. The largest absolute Gasteiger partial charge is 0.489 e. The molecule has 3 heteroatoms. The molecule has 0 aliphatic carbocycles. The monoisotopic (exact) mass is 287 g/mol. The van der Waals surface area contributed by atoms with Gasteiger partial charge in [0.05, 0.1) is 0 Å². The number of rotatable bonds is 5. The van der Waals surface area contributed by atoms with E-state index in [0.717, 1.165) is 16.9 Å². The van der Waals surface area contributed by atoms with E-state index in [1.807, 2.05) is 67.6 Å². The van der Waals surface area contributed by atoms with Gasteiger partial charge < -0.3 is 10.5 Å². The summed E-state index contributed by atoms with van der Waals surface area (Å²) in [6.45, 7) is 2.41. The molecule has 20 heavy (non-hydrogen) atoms. The molecule has 0 spiro atoms. The summed E-state index contributed by atoms with van der Waals surface area (Å²) >= 11 is 5.98. The summed E-state index contributed by atoms with van der Waals surface area (Å²) in [4.78, 5) is 0. The molecule has 2 aromatic rings. The predicted molar refractivity (Wildman–Crippen MR) is 85.0 cm³/mol. The van der Waals surface area contributed by atoms with Crippen molar-refractivity contribution in [1.29, 1.82) is 0 Å². The predicted octanol–water partition coefficient (Wildman–Crippen LogP) is 4.45. The highest BCUT2D eigenvalue weighted by molar-refractivity contribution is 6.30. The van der Waals surface area contributed by atoms with Gasteiger partial charge in [-0.2, -0.15) is 0 Å². The maximum absolute atomic E-state index is 5.98. The first-order chi connectivity index (χ1) is 9.66. The van der Waals surface area contributed by atoms with Gasteiger partial charge in [-0.3, -0.25) is 0 Å². The second kappa shape index (κ2) is 7.13. The molecular formula is C17H18ClNO. The zero-order valence-corrected chi connectivity index (χ0v) is 12.2. The minimum atomic E-state index is -0.109. The van der Waals surface area contributed by atoms with Gasteiger partial charge in [-0.05, 0) is 36.8 Å². The summed E-state index contributed by atoms with van der Waals surface area (Å²) in [6, 6.07) is 15.5. The Labute approximate surface area is 124 Å². The molecule has 0 saturated carbocycles. The van der Waals surface area contributed by atoms with Crippen LogP contribution in [0.5, 0.6) is 5.75 Å². The molecule has 0 aliphatic rings. The first-order valence-corrected chi connectivity index (χ1v) is 6.94. The molecule has 0 unspecified atom stereocenters. The lowest BCUT2D eigenvalue weighted by atomic mass is 10.1. The zero-order valence-electron chi connectivity index (χ0n) is 11.4. The van der Waals surface area contributed by atoms with Crippen molar-refractivity contribution in [2.24, 2.45) is 5.73 Å². The number of halogens is 1.